The van der Waals surface area contributed by atoms with Crippen molar-refractivity contribution in [3.63, 3.8) is 0 Å². The van der Waals surface area contributed by atoms with Crippen LogP contribution in [-0.4, -0.2) is 51.1 Å². The summed E-state index contributed by atoms with van der Waals surface area (Å²) in [5.41, 5.74) is 5.76. The molecule has 1 fully saturated rings. The first-order valence-corrected chi connectivity index (χ1v) is 8.77. The SMILES string of the molecule is CCCCNC(N)=NCC1CCN(S(C)(=O)=O)CC1.I. The van der Waals surface area contributed by atoms with E-state index < -0.39 is 10.0 Å². The van der Waals surface area contributed by atoms with Crippen molar-refractivity contribution in [2.45, 2.75) is 32.6 Å². The minimum atomic E-state index is -3.04. The molecule has 0 aliphatic carbocycles. The van der Waals surface area contributed by atoms with Gasteiger partial charge in [0.05, 0.1) is 6.26 Å². The molecule has 0 radical (unpaired) electrons. The van der Waals surface area contributed by atoms with Crippen molar-refractivity contribution in [3.05, 3.63) is 0 Å². The molecular weight excluding hydrogens is 391 g/mol. The first kappa shape index (κ1) is 19.9. The topological polar surface area (TPSA) is 87.8 Å². The maximum absolute atomic E-state index is 11.4. The molecule has 6 nitrogen and oxygen atoms in total. The average Bonchev–Trinajstić information content (AvgIpc) is 2.36. The number of rotatable bonds is 6. The summed E-state index contributed by atoms with van der Waals surface area (Å²) < 4.78 is 24.3. The van der Waals surface area contributed by atoms with Crippen molar-refractivity contribution in [2.75, 3.05) is 32.4 Å². The highest BCUT2D eigenvalue weighted by molar-refractivity contribution is 14.0. The van der Waals surface area contributed by atoms with Crippen molar-refractivity contribution in [1.82, 2.24) is 9.62 Å². The molecule has 1 saturated heterocycles. The molecular formula is C12H27IN4O2S. The van der Waals surface area contributed by atoms with Crippen LogP contribution >= 0.6 is 24.0 Å². The summed E-state index contributed by atoms with van der Waals surface area (Å²) in [6, 6.07) is 0. The Morgan fingerprint density at radius 3 is 2.50 bits per heavy atom. The molecule has 0 aromatic carbocycles. The van der Waals surface area contributed by atoms with E-state index in [-0.39, 0.29) is 24.0 Å². The lowest BCUT2D eigenvalue weighted by molar-refractivity contribution is 0.280. The van der Waals surface area contributed by atoms with Crippen molar-refractivity contribution in [2.24, 2.45) is 16.6 Å². The molecule has 1 aliphatic heterocycles. The van der Waals surface area contributed by atoms with E-state index in [0.717, 1.165) is 32.2 Å². The molecule has 0 bridgehead atoms. The summed E-state index contributed by atoms with van der Waals surface area (Å²) in [7, 11) is -3.04. The zero-order chi connectivity index (χ0) is 14.3. The van der Waals surface area contributed by atoms with Gasteiger partial charge in [0.2, 0.25) is 10.0 Å². The van der Waals surface area contributed by atoms with Gasteiger partial charge in [0, 0.05) is 26.2 Å². The third kappa shape index (κ3) is 7.63. The van der Waals surface area contributed by atoms with E-state index in [1.807, 2.05) is 0 Å². The van der Waals surface area contributed by atoms with Gasteiger partial charge in [-0.3, -0.25) is 4.99 Å². The zero-order valence-electron chi connectivity index (χ0n) is 12.3. The summed E-state index contributed by atoms with van der Waals surface area (Å²) >= 11 is 0. The molecule has 0 aromatic rings. The molecule has 1 rings (SSSR count). The number of halogens is 1. The summed E-state index contributed by atoms with van der Waals surface area (Å²) in [6.45, 7) is 4.87. The van der Waals surface area contributed by atoms with E-state index in [1.54, 1.807) is 0 Å². The van der Waals surface area contributed by atoms with E-state index >= 15 is 0 Å². The Labute approximate surface area is 139 Å². The van der Waals surface area contributed by atoms with Crippen molar-refractivity contribution >= 4 is 40.0 Å². The van der Waals surface area contributed by atoms with Crippen molar-refractivity contribution in [3.8, 4) is 0 Å². The molecule has 0 spiro atoms. The number of unbranched alkanes of at least 4 members (excludes halogenated alkanes) is 1. The van der Waals surface area contributed by atoms with Crippen molar-refractivity contribution in [1.29, 1.82) is 0 Å². The van der Waals surface area contributed by atoms with Crippen LogP contribution in [0.4, 0.5) is 0 Å². The molecule has 0 unspecified atom stereocenters. The van der Waals surface area contributed by atoms with Gasteiger partial charge in [-0.15, -0.1) is 24.0 Å². The summed E-state index contributed by atoms with van der Waals surface area (Å²) in [5, 5.41) is 3.08. The first-order valence-electron chi connectivity index (χ1n) is 6.92. The average molecular weight is 418 g/mol. The predicted molar refractivity (Wildman–Crippen MR) is 94.0 cm³/mol. The van der Waals surface area contributed by atoms with Crippen molar-refractivity contribution < 1.29 is 8.42 Å². The van der Waals surface area contributed by atoms with Gasteiger partial charge in [0.1, 0.15) is 0 Å². The molecule has 0 aromatic heterocycles. The fourth-order valence-corrected chi connectivity index (χ4v) is 2.97. The highest BCUT2D eigenvalue weighted by atomic mass is 127. The molecule has 0 amide bonds. The van der Waals surface area contributed by atoms with E-state index in [0.29, 0.717) is 31.5 Å². The van der Waals surface area contributed by atoms with Crippen LogP contribution in [-0.2, 0) is 10.0 Å². The minimum absolute atomic E-state index is 0. The van der Waals surface area contributed by atoms with Gasteiger partial charge >= 0.3 is 0 Å². The lowest BCUT2D eigenvalue weighted by Gasteiger charge is -2.29. The molecule has 0 atom stereocenters. The Bertz CT molecular complexity index is 392. The number of hydrogen-bond acceptors (Lipinski definition) is 3. The molecule has 3 N–H and O–H groups in total. The fourth-order valence-electron chi connectivity index (χ4n) is 2.10. The Balaban J connectivity index is 0.00000361. The van der Waals surface area contributed by atoms with Crippen LogP contribution in [0.1, 0.15) is 32.6 Å². The van der Waals surface area contributed by atoms with E-state index in [2.05, 4.69) is 17.2 Å². The largest absolute Gasteiger partial charge is 0.370 e. The van der Waals surface area contributed by atoms with Gasteiger partial charge in [0.15, 0.2) is 5.96 Å². The van der Waals surface area contributed by atoms with E-state index in [1.165, 1.54) is 10.6 Å². The Morgan fingerprint density at radius 1 is 1.40 bits per heavy atom. The summed E-state index contributed by atoms with van der Waals surface area (Å²) in [6.07, 6.45) is 5.20. The number of piperidine rings is 1. The Morgan fingerprint density at radius 2 is 2.00 bits per heavy atom. The van der Waals surface area contributed by atoms with Crippen LogP contribution in [0.25, 0.3) is 0 Å². The van der Waals surface area contributed by atoms with Gasteiger partial charge < -0.3 is 11.1 Å². The van der Waals surface area contributed by atoms with E-state index in [4.69, 9.17) is 5.73 Å². The normalized spacial score (nSPS) is 18.6. The number of nitrogens with two attached hydrogens (primary N) is 1. The highest BCUT2D eigenvalue weighted by Crippen LogP contribution is 2.19. The number of nitrogens with zero attached hydrogens (tertiary/aromatic N) is 2. The van der Waals surface area contributed by atoms with Crippen LogP contribution in [0.15, 0.2) is 4.99 Å². The van der Waals surface area contributed by atoms with Crippen LogP contribution in [0.2, 0.25) is 0 Å². The molecule has 20 heavy (non-hydrogen) atoms. The van der Waals surface area contributed by atoms with Crippen LogP contribution < -0.4 is 11.1 Å². The third-order valence-corrected chi connectivity index (χ3v) is 4.70. The quantitative estimate of drug-likeness (QED) is 0.291. The summed E-state index contributed by atoms with van der Waals surface area (Å²) in [5.74, 6) is 0.934. The lowest BCUT2D eigenvalue weighted by Crippen LogP contribution is -2.39. The Kier molecular flexibility index (Phi) is 9.73. The molecule has 120 valence electrons. The second kappa shape index (κ2) is 9.78. The molecule has 0 saturated carbocycles. The third-order valence-electron chi connectivity index (χ3n) is 3.40. The van der Waals surface area contributed by atoms with Gasteiger partial charge in [-0.2, -0.15) is 0 Å². The standard InChI is InChI=1S/C12H26N4O2S.HI/c1-3-4-7-14-12(13)15-10-11-5-8-16(9-6-11)19(2,17)18;/h11H,3-10H2,1-2H3,(H3,13,14,15);1H. The molecule has 8 heteroatoms. The monoisotopic (exact) mass is 418 g/mol. The van der Waals surface area contributed by atoms with Gasteiger partial charge in [-0.05, 0) is 25.2 Å². The second-order valence-corrected chi connectivity index (χ2v) is 7.09. The second-order valence-electron chi connectivity index (χ2n) is 5.11. The molecule has 1 aliphatic rings. The molecule has 1 heterocycles. The fraction of sp³-hybridized carbons (Fsp3) is 0.917. The number of hydrogen-bond donors (Lipinski definition) is 2. The number of guanidine groups is 1. The minimum Gasteiger partial charge on any atom is -0.370 e. The Hall–Kier alpha value is -0.0900. The zero-order valence-corrected chi connectivity index (χ0v) is 15.5. The smallest absolute Gasteiger partial charge is 0.211 e. The van der Waals surface area contributed by atoms with Crippen LogP contribution in [0.3, 0.4) is 0 Å². The number of aliphatic imine (C=N–C) groups is 1. The number of sulfonamides is 1. The van der Waals surface area contributed by atoms with Gasteiger partial charge in [0.25, 0.3) is 0 Å². The lowest BCUT2D eigenvalue weighted by atomic mass is 9.98. The van der Waals surface area contributed by atoms with Gasteiger partial charge in [-0.1, -0.05) is 13.3 Å². The first-order chi connectivity index (χ1) is 8.93. The maximum atomic E-state index is 11.4. The predicted octanol–water partition coefficient (Wildman–Crippen LogP) is 0.980. The number of nitrogens with one attached hydrogen (secondary N) is 1. The summed E-state index contributed by atoms with van der Waals surface area (Å²) in [4.78, 5) is 4.32. The van der Waals surface area contributed by atoms with Crippen LogP contribution in [0.5, 0.6) is 0 Å². The highest BCUT2D eigenvalue weighted by Gasteiger charge is 2.24. The van der Waals surface area contributed by atoms with E-state index in [9.17, 15) is 8.42 Å². The maximum Gasteiger partial charge on any atom is 0.211 e. The van der Waals surface area contributed by atoms with Crippen LogP contribution in [0, 0.1) is 5.92 Å². The van der Waals surface area contributed by atoms with Gasteiger partial charge in [-0.25, -0.2) is 12.7 Å².